The number of fused-ring (bicyclic) bond motifs is 1. The third-order valence-electron chi connectivity index (χ3n) is 7.94. The second-order valence-corrected chi connectivity index (χ2v) is 10.9. The first-order valence-corrected chi connectivity index (χ1v) is 14.5. The summed E-state index contributed by atoms with van der Waals surface area (Å²) in [5, 5.41) is 16.5. The molecular weight excluding hydrogens is 557 g/mol. The summed E-state index contributed by atoms with van der Waals surface area (Å²) in [7, 11) is 1.81. The zero-order valence-electron chi connectivity index (χ0n) is 24.2. The molecule has 0 spiro atoms. The number of anilines is 2. The van der Waals surface area contributed by atoms with Crippen molar-refractivity contribution in [3.63, 3.8) is 0 Å². The van der Waals surface area contributed by atoms with Crippen molar-refractivity contribution in [2.75, 3.05) is 25.5 Å². The number of halogens is 1. The smallest absolute Gasteiger partial charge is 0.257 e. The number of aromatic nitrogens is 2. The van der Waals surface area contributed by atoms with Crippen molar-refractivity contribution in [3.05, 3.63) is 131 Å². The van der Waals surface area contributed by atoms with Crippen LogP contribution in [0.5, 0.6) is 5.75 Å². The lowest BCUT2D eigenvalue weighted by atomic mass is 9.93. The van der Waals surface area contributed by atoms with E-state index in [1.165, 1.54) is 18.2 Å². The van der Waals surface area contributed by atoms with Gasteiger partial charge in [-0.05, 0) is 60.5 Å². The number of phenols is 1. The zero-order valence-corrected chi connectivity index (χ0v) is 24.2. The minimum Gasteiger partial charge on any atom is -0.507 e. The molecular formula is C35H32FN5O3. The molecule has 2 aromatic heterocycles. The highest BCUT2D eigenvalue weighted by Gasteiger charge is 2.30. The summed E-state index contributed by atoms with van der Waals surface area (Å²) in [4.78, 5) is 36.1. The van der Waals surface area contributed by atoms with Crippen molar-refractivity contribution in [1.82, 2.24) is 20.2 Å². The molecule has 0 radical (unpaired) electrons. The first-order valence-electron chi connectivity index (χ1n) is 14.5. The Kier molecular flexibility index (Phi) is 8.10. The predicted molar refractivity (Wildman–Crippen MR) is 168 cm³/mol. The quantitative estimate of drug-likeness (QED) is 0.167. The molecule has 222 valence electrons. The maximum Gasteiger partial charge on any atom is 0.257 e. The molecule has 0 unspecified atom stereocenters. The molecule has 9 heteroatoms. The van der Waals surface area contributed by atoms with Crippen LogP contribution in [-0.4, -0.2) is 51.9 Å². The highest BCUT2D eigenvalue weighted by molar-refractivity contribution is 6.06. The summed E-state index contributed by atoms with van der Waals surface area (Å²) in [6, 6.07) is 26.2. The molecule has 8 nitrogen and oxygen atoms in total. The lowest BCUT2D eigenvalue weighted by Crippen LogP contribution is -2.34. The predicted octanol–water partition coefficient (Wildman–Crippen LogP) is 6.05. The van der Waals surface area contributed by atoms with Gasteiger partial charge in [-0.3, -0.25) is 14.6 Å². The summed E-state index contributed by atoms with van der Waals surface area (Å²) in [5.74, 6) is -1.13. The van der Waals surface area contributed by atoms with Crippen molar-refractivity contribution in [2.24, 2.45) is 0 Å². The van der Waals surface area contributed by atoms with Crippen LogP contribution < -0.4 is 10.6 Å². The lowest BCUT2D eigenvalue weighted by Gasteiger charge is -2.23. The van der Waals surface area contributed by atoms with Crippen molar-refractivity contribution in [2.45, 2.75) is 18.8 Å². The number of hydrogen-bond acceptors (Lipinski definition) is 5. The number of aromatic hydroxyl groups is 1. The first-order chi connectivity index (χ1) is 21.4. The average molecular weight is 590 g/mol. The molecule has 44 heavy (non-hydrogen) atoms. The molecule has 6 rings (SSSR count). The molecule has 0 aliphatic carbocycles. The van der Waals surface area contributed by atoms with E-state index in [4.69, 9.17) is 0 Å². The van der Waals surface area contributed by atoms with E-state index in [0.717, 1.165) is 33.9 Å². The van der Waals surface area contributed by atoms with Gasteiger partial charge in [0.15, 0.2) is 0 Å². The van der Waals surface area contributed by atoms with Gasteiger partial charge in [-0.1, -0.05) is 42.5 Å². The van der Waals surface area contributed by atoms with Gasteiger partial charge in [-0.25, -0.2) is 4.39 Å². The fourth-order valence-corrected chi connectivity index (χ4v) is 5.57. The molecule has 4 N–H and O–H groups in total. The molecule has 3 heterocycles. The molecule has 2 amide bonds. The Hall–Kier alpha value is -5.44. The van der Waals surface area contributed by atoms with Gasteiger partial charge >= 0.3 is 0 Å². The summed E-state index contributed by atoms with van der Waals surface area (Å²) in [6.45, 7) is 0.868. The number of pyridine rings is 1. The number of para-hydroxylation sites is 2. The number of benzene rings is 3. The average Bonchev–Trinajstić information content (AvgIpc) is 3.41. The van der Waals surface area contributed by atoms with Gasteiger partial charge in [0.2, 0.25) is 0 Å². The van der Waals surface area contributed by atoms with E-state index in [1.807, 2.05) is 49.5 Å². The van der Waals surface area contributed by atoms with E-state index in [2.05, 4.69) is 20.6 Å². The van der Waals surface area contributed by atoms with E-state index >= 15 is 0 Å². The maximum atomic E-state index is 13.8. The Labute approximate surface area is 254 Å². The van der Waals surface area contributed by atoms with Crippen LogP contribution in [0.25, 0.3) is 11.3 Å². The van der Waals surface area contributed by atoms with Crippen LogP contribution in [0, 0.1) is 5.82 Å². The van der Waals surface area contributed by atoms with Crippen molar-refractivity contribution >= 4 is 23.2 Å². The van der Waals surface area contributed by atoms with Crippen molar-refractivity contribution in [1.29, 1.82) is 0 Å². The molecule has 0 fully saturated rings. The molecule has 1 atom stereocenters. The van der Waals surface area contributed by atoms with Gasteiger partial charge in [0.1, 0.15) is 11.6 Å². The van der Waals surface area contributed by atoms with Gasteiger partial charge in [0.05, 0.1) is 22.5 Å². The van der Waals surface area contributed by atoms with Crippen LogP contribution in [0.1, 0.15) is 43.6 Å². The van der Waals surface area contributed by atoms with Crippen LogP contribution in [0.2, 0.25) is 0 Å². The molecule has 5 aromatic rings. The Morgan fingerprint density at radius 1 is 1.05 bits per heavy atom. The summed E-state index contributed by atoms with van der Waals surface area (Å²) < 4.78 is 13.8. The number of nitrogens with one attached hydrogen (secondary N) is 3. The first kappa shape index (κ1) is 28.7. The van der Waals surface area contributed by atoms with Crippen LogP contribution in [0.15, 0.2) is 97.2 Å². The zero-order chi connectivity index (χ0) is 30.6. The van der Waals surface area contributed by atoms with Crippen molar-refractivity contribution in [3.8, 4) is 17.0 Å². The van der Waals surface area contributed by atoms with E-state index in [-0.39, 0.29) is 35.5 Å². The third-order valence-corrected chi connectivity index (χ3v) is 7.94. The van der Waals surface area contributed by atoms with Crippen LogP contribution in [0.4, 0.5) is 15.8 Å². The van der Waals surface area contributed by atoms with Gasteiger partial charge in [0.25, 0.3) is 11.8 Å². The summed E-state index contributed by atoms with van der Waals surface area (Å²) in [6.07, 6.45) is 2.89. The maximum absolute atomic E-state index is 13.8. The summed E-state index contributed by atoms with van der Waals surface area (Å²) in [5.41, 5.74) is 6.52. The number of hydrogen-bond donors (Lipinski definition) is 4. The van der Waals surface area contributed by atoms with Crippen LogP contribution in [-0.2, 0) is 12.8 Å². The van der Waals surface area contributed by atoms with E-state index < -0.39 is 5.91 Å². The van der Waals surface area contributed by atoms with E-state index in [1.54, 1.807) is 41.4 Å². The lowest BCUT2D eigenvalue weighted by molar-refractivity contribution is 0.0781. The summed E-state index contributed by atoms with van der Waals surface area (Å²) >= 11 is 0. The van der Waals surface area contributed by atoms with Crippen LogP contribution >= 0.6 is 0 Å². The highest BCUT2D eigenvalue weighted by Crippen LogP contribution is 2.38. The van der Waals surface area contributed by atoms with Gasteiger partial charge in [-0.2, -0.15) is 0 Å². The Bertz CT molecular complexity index is 1800. The molecule has 0 bridgehead atoms. The van der Waals surface area contributed by atoms with Gasteiger partial charge in [0, 0.05) is 61.3 Å². The number of phenolic OH excluding ortho intramolecular Hbond substituents is 1. The van der Waals surface area contributed by atoms with Crippen molar-refractivity contribution < 1.29 is 19.1 Å². The molecule has 1 aliphatic heterocycles. The minimum absolute atomic E-state index is 0.0435. The van der Waals surface area contributed by atoms with E-state index in [0.29, 0.717) is 30.6 Å². The SMILES string of the molecule is CN1CCc2[nH]c(-c3ccnc(C[C@H](CNC(=O)c4ccccc4O)c4ccc(F)cc4)c3)c(Nc3ccccc3)c2C1=O. The fraction of sp³-hybridized carbons (Fsp3) is 0.171. The number of nitrogens with zero attached hydrogens (tertiary/aromatic N) is 2. The number of carbonyl (C=O) groups excluding carboxylic acids is 2. The largest absolute Gasteiger partial charge is 0.507 e. The number of H-pyrrole nitrogens is 1. The fourth-order valence-electron chi connectivity index (χ4n) is 5.57. The van der Waals surface area contributed by atoms with Gasteiger partial charge < -0.3 is 25.6 Å². The highest BCUT2D eigenvalue weighted by atomic mass is 19.1. The second-order valence-electron chi connectivity index (χ2n) is 10.9. The topological polar surface area (TPSA) is 110 Å². The second kappa shape index (κ2) is 12.4. The van der Waals surface area contributed by atoms with Gasteiger partial charge in [-0.15, -0.1) is 0 Å². The number of likely N-dealkylation sites (N-methyl/N-ethyl adjacent to an activating group) is 1. The number of rotatable bonds is 9. The Morgan fingerprint density at radius 2 is 1.80 bits per heavy atom. The molecule has 3 aromatic carbocycles. The third kappa shape index (κ3) is 6.03. The van der Waals surface area contributed by atoms with Crippen LogP contribution in [0.3, 0.4) is 0 Å². The Morgan fingerprint density at radius 3 is 2.57 bits per heavy atom. The number of carbonyl (C=O) groups is 2. The monoisotopic (exact) mass is 589 g/mol. The standard InChI is InChI=1S/C35H32FN5O3/c1-41-18-16-29-31(35(41)44)33(39-26-7-3-2-4-8-26)32(40-29)23-15-17-37-27(19-23)20-24(22-11-13-25(36)14-12-22)21-38-34(43)28-9-5-6-10-30(28)42/h2-15,17,19,24,39-40,42H,16,18,20-21H2,1H3,(H,38,43)/t24-/m1/s1. The molecule has 0 saturated heterocycles. The Balaban J connectivity index is 1.32. The number of aromatic amines is 1. The molecule has 0 saturated carbocycles. The normalized spacial score (nSPS) is 13.3. The van der Waals surface area contributed by atoms with E-state index in [9.17, 15) is 19.1 Å². The minimum atomic E-state index is -0.403. The number of amides is 2. The molecule has 1 aliphatic rings.